The van der Waals surface area contributed by atoms with E-state index < -0.39 is 5.97 Å². The van der Waals surface area contributed by atoms with Crippen molar-refractivity contribution >= 4 is 17.8 Å². The van der Waals surface area contributed by atoms with Gasteiger partial charge in [-0.3, -0.25) is 14.5 Å². The highest BCUT2D eigenvalue weighted by molar-refractivity contribution is 6.18. The first-order valence-electron chi connectivity index (χ1n) is 5.69. The molecule has 0 atom stereocenters. The number of carbonyl (C=O) groups excluding carboxylic acids is 2. The van der Waals surface area contributed by atoms with E-state index in [0.29, 0.717) is 11.1 Å². The number of hydrogen-bond donors (Lipinski definition) is 1. The Morgan fingerprint density at radius 3 is 2.16 bits per heavy atom. The van der Waals surface area contributed by atoms with Crippen molar-refractivity contribution in [3.8, 4) is 0 Å². The van der Waals surface area contributed by atoms with Crippen molar-refractivity contribution < 1.29 is 23.9 Å². The molecule has 6 nitrogen and oxygen atoms in total. The Morgan fingerprint density at radius 2 is 1.74 bits per heavy atom. The van der Waals surface area contributed by atoms with Crippen molar-refractivity contribution in [2.24, 2.45) is 0 Å². The molecule has 1 aromatic rings. The molecule has 0 spiro atoms. The summed E-state index contributed by atoms with van der Waals surface area (Å²) in [7, 11) is 0. The molecule has 1 aliphatic rings. The van der Waals surface area contributed by atoms with E-state index in [1.54, 1.807) is 13.8 Å². The lowest BCUT2D eigenvalue weighted by atomic mass is 10.2. The molecule has 0 unspecified atom stereocenters. The maximum absolute atomic E-state index is 11.8. The van der Waals surface area contributed by atoms with Crippen LogP contribution < -0.4 is 0 Å². The summed E-state index contributed by atoms with van der Waals surface area (Å²) in [5.74, 6) is -1.30. The molecule has 2 amide bonds. The predicted molar refractivity (Wildman–Crippen MR) is 64.3 cm³/mol. The van der Waals surface area contributed by atoms with Crippen molar-refractivity contribution in [2.75, 3.05) is 0 Å². The Hall–Kier alpha value is -2.37. The van der Waals surface area contributed by atoms with Crippen molar-refractivity contribution in [1.82, 2.24) is 4.90 Å². The van der Waals surface area contributed by atoms with Crippen molar-refractivity contribution in [2.45, 2.75) is 27.3 Å². The molecule has 2 rings (SSSR count). The largest absolute Gasteiger partial charge is 0.478 e. The molecule has 0 saturated carbocycles. The minimum atomic E-state index is -1.10. The molecule has 2 heterocycles. The Kier molecular flexibility index (Phi) is 3.01. The molecule has 0 radical (unpaired) electrons. The van der Waals surface area contributed by atoms with Crippen molar-refractivity contribution in [1.29, 1.82) is 0 Å². The average Bonchev–Trinajstić information content (AvgIpc) is 2.80. The SMILES string of the molecule is CC1=C(C)C(=O)N(Cc2cc(C(=O)O)c(C)o2)C1=O. The van der Waals surface area contributed by atoms with Crippen molar-refractivity contribution in [3.63, 3.8) is 0 Å². The summed E-state index contributed by atoms with van der Waals surface area (Å²) >= 11 is 0. The molecule has 100 valence electrons. The minimum Gasteiger partial charge on any atom is -0.478 e. The van der Waals surface area contributed by atoms with Gasteiger partial charge in [0, 0.05) is 11.1 Å². The average molecular weight is 263 g/mol. The van der Waals surface area contributed by atoms with Gasteiger partial charge >= 0.3 is 5.97 Å². The van der Waals surface area contributed by atoms with E-state index in [1.807, 2.05) is 0 Å². The number of carbonyl (C=O) groups is 3. The van der Waals surface area contributed by atoms with Gasteiger partial charge in [-0.15, -0.1) is 0 Å². The number of nitrogens with zero attached hydrogens (tertiary/aromatic N) is 1. The van der Waals surface area contributed by atoms with Gasteiger partial charge in [0.25, 0.3) is 11.8 Å². The number of imide groups is 1. The third-order valence-electron chi connectivity index (χ3n) is 3.21. The Morgan fingerprint density at radius 1 is 1.21 bits per heavy atom. The number of amides is 2. The summed E-state index contributed by atoms with van der Waals surface area (Å²) in [6, 6.07) is 1.33. The fourth-order valence-corrected chi connectivity index (χ4v) is 1.95. The van der Waals surface area contributed by atoms with Gasteiger partial charge < -0.3 is 9.52 Å². The van der Waals surface area contributed by atoms with Crippen LogP contribution in [0.1, 0.15) is 35.7 Å². The van der Waals surface area contributed by atoms with Gasteiger partial charge in [-0.2, -0.15) is 0 Å². The number of carboxylic acids is 1. The van der Waals surface area contributed by atoms with Gasteiger partial charge in [-0.05, 0) is 26.8 Å². The minimum absolute atomic E-state index is 0.0375. The maximum Gasteiger partial charge on any atom is 0.339 e. The third-order valence-corrected chi connectivity index (χ3v) is 3.21. The summed E-state index contributed by atoms with van der Waals surface area (Å²) in [6.45, 7) is 4.65. The third kappa shape index (κ3) is 2.05. The number of carboxylic acid groups (broad SMARTS) is 1. The fourth-order valence-electron chi connectivity index (χ4n) is 1.95. The first kappa shape index (κ1) is 13.1. The first-order chi connectivity index (χ1) is 8.82. The maximum atomic E-state index is 11.8. The molecular formula is C13H13NO5. The molecule has 1 aliphatic heterocycles. The van der Waals surface area contributed by atoms with Crippen LogP contribution in [0.15, 0.2) is 21.6 Å². The zero-order chi connectivity index (χ0) is 14.3. The lowest BCUT2D eigenvalue weighted by Gasteiger charge is -2.12. The Labute approximate surface area is 109 Å². The molecule has 0 bridgehead atoms. The highest BCUT2D eigenvalue weighted by Crippen LogP contribution is 2.23. The molecule has 0 aromatic carbocycles. The van der Waals surface area contributed by atoms with Crippen molar-refractivity contribution in [3.05, 3.63) is 34.3 Å². The number of furan rings is 1. The van der Waals surface area contributed by atoms with E-state index in [2.05, 4.69) is 0 Å². The molecule has 1 N–H and O–H groups in total. The molecule has 0 fully saturated rings. The molecule has 19 heavy (non-hydrogen) atoms. The quantitative estimate of drug-likeness (QED) is 0.835. The van der Waals surface area contributed by atoms with E-state index in [4.69, 9.17) is 9.52 Å². The van der Waals surface area contributed by atoms with Crippen LogP contribution in [-0.2, 0) is 16.1 Å². The van der Waals surface area contributed by atoms with Crippen LogP contribution in [0.2, 0.25) is 0 Å². The lowest BCUT2D eigenvalue weighted by molar-refractivity contribution is -0.138. The van der Waals surface area contributed by atoms with Gasteiger partial charge in [0.1, 0.15) is 17.1 Å². The smallest absolute Gasteiger partial charge is 0.339 e. The van der Waals surface area contributed by atoms with Crippen LogP contribution in [-0.4, -0.2) is 27.8 Å². The summed E-state index contributed by atoms with van der Waals surface area (Å²) in [5.41, 5.74) is 0.856. The molecule has 1 aromatic heterocycles. The molecule has 0 saturated heterocycles. The van der Waals surface area contributed by atoms with Gasteiger partial charge in [-0.1, -0.05) is 0 Å². The Balaban J connectivity index is 2.24. The van der Waals surface area contributed by atoms with E-state index in [0.717, 1.165) is 4.90 Å². The van der Waals surface area contributed by atoms with Gasteiger partial charge in [-0.25, -0.2) is 4.79 Å². The topological polar surface area (TPSA) is 87.8 Å². The van der Waals surface area contributed by atoms with Gasteiger partial charge in [0.05, 0.1) is 6.54 Å². The van der Waals surface area contributed by atoms with Crippen LogP contribution in [0.25, 0.3) is 0 Å². The number of rotatable bonds is 3. The van der Waals surface area contributed by atoms with Crippen LogP contribution in [0.3, 0.4) is 0 Å². The fraction of sp³-hybridized carbons (Fsp3) is 0.308. The van der Waals surface area contributed by atoms with Crippen LogP contribution >= 0.6 is 0 Å². The van der Waals surface area contributed by atoms with Gasteiger partial charge in [0.2, 0.25) is 0 Å². The second kappa shape index (κ2) is 4.38. The van der Waals surface area contributed by atoms with Crippen LogP contribution in [0, 0.1) is 6.92 Å². The number of aryl methyl sites for hydroxylation is 1. The Bertz CT molecular complexity index is 599. The molecular weight excluding hydrogens is 250 g/mol. The second-order valence-corrected chi connectivity index (χ2v) is 4.43. The zero-order valence-electron chi connectivity index (χ0n) is 10.8. The molecule has 0 aliphatic carbocycles. The predicted octanol–water partition coefficient (Wildman–Crippen LogP) is 1.49. The lowest BCUT2D eigenvalue weighted by Crippen LogP contribution is -2.30. The van der Waals surface area contributed by atoms with Crippen LogP contribution in [0.4, 0.5) is 0 Å². The highest BCUT2D eigenvalue weighted by atomic mass is 16.4. The molecule has 6 heteroatoms. The van der Waals surface area contributed by atoms with E-state index in [1.165, 1.54) is 13.0 Å². The van der Waals surface area contributed by atoms with E-state index >= 15 is 0 Å². The summed E-state index contributed by atoms with van der Waals surface area (Å²) in [6.07, 6.45) is 0. The summed E-state index contributed by atoms with van der Waals surface area (Å²) in [5, 5.41) is 8.91. The summed E-state index contributed by atoms with van der Waals surface area (Å²) < 4.78 is 5.26. The number of aromatic carboxylic acids is 1. The number of hydrogen-bond acceptors (Lipinski definition) is 4. The second-order valence-electron chi connectivity index (χ2n) is 4.43. The van der Waals surface area contributed by atoms with Crippen LogP contribution in [0.5, 0.6) is 0 Å². The first-order valence-corrected chi connectivity index (χ1v) is 5.69. The normalized spacial score (nSPS) is 15.6. The highest BCUT2D eigenvalue weighted by Gasteiger charge is 2.34. The standard InChI is InChI=1S/C13H13NO5/c1-6-7(2)12(16)14(11(6)15)5-9-4-10(13(17)18)8(3)19-9/h4H,5H2,1-3H3,(H,17,18). The van der Waals surface area contributed by atoms with E-state index in [9.17, 15) is 14.4 Å². The zero-order valence-corrected chi connectivity index (χ0v) is 10.8. The van der Waals surface area contributed by atoms with E-state index in [-0.39, 0.29) is 35.4 Å². The monoisotopic (exact) mass is 263 g/mol. The summed E-state index contributed by atoms with van der Waals surface area (Å²) in [4.78, 5) is 35.6. The van der Waals surface area contributed by atoms with Gasteiger partial charge in [0.15, 0.2) is 0 Å².